The molecule has 0 fully saturated rings. The van der Waals surface area contributed by atoms with Crippen LogP contribution in [0.3, 0.4) is 0 Å². The van der Waals surface area contributed by atoms with Gasteiger partial charge in [0.15, 0.2) is 0 Å². The number of rotatable bonds is 13. The van der Waals surface area contributed by atoms with Gasteiger partial charge in [-0.2, -0.15) is 0 Å². The summed E-state index contributed by atoms with van der Waals surface area (Å²) >= 11 is 0. The van der Waals surface area contributed by atoms with Gasteiger partial charge in [0.25, 0.3) is 0 Å². The van der Waals surface area contributed by atoms with Gasteiger partial charge in [0.1, 0.15) is 0 Å². The van der Waals surface area contributed by atoms with Gasteiger partial charge in [0.05, 0.1) is 31.0 Å². The topological polar surface area (TPSA) is 121 Å². The van der Waals surface area contributed by atoms with Crippen LogP contribution in [0.2, 0.25) is 0 Å². The van der Waals surface area contributed by atoms with Crippen molar-refractivity contribution in [3.8, 4) is 0 Å². The van der Waals surface area contributed by atoms with E-state index in [1.54, 1.807) is 6.92 Å². The van der Waals surface area contributed by atoms with E-state index >= 15 is 0 Å². The monoisotopic (exact) mass is 322 g/mol. The highest BCUT2D eigenvalue weighted by Gasteiger charge is 2.36. The van der Waals surface area contributed by atoms with Gasteiger partial charge in [-0.1, -0.05) is 20.3 Å². The molecule has 0 aliphatic rings. The van der Waals surface area contributed by atoms with Crippen molar-refractivity contribution in [1.82, 2.24) is 0 Å². The zero-order valence-electron chi connectivity index (χ0n) is 13.8. The Kier molecular flexibility index (Phi) is 12.1. The Morgan fingerprint density at radius 2 is 1.50 bits per heavy atom. The maximum Gasteiger partial charge on any atom is 0.0854 e. The lowest BCUT2D eigenvalue weighted by Gasteiger charge is -2.35. The largest absolute Gasteiger partial charge is 0.396 e. The summed E-state index contributed by atoms with van der Waals surface area (Å²) in [5.74, 6) is -0.839. The van der Waals surface area contributed by atoms with Crippen LogP contribution < -0.4 is 0 Å². The number of aliphatic hydroxyl groups is 6. The molecule has 0 heterocycles. The molecule has 0 spiro atoms. The van der Waals surface area contributed by atoms with Crippen LogP contribution in [-0.4, -0.2) is 68.3 Å². The van der Waals surface area contributed by atoms with E-state index in [9.17, 15) is 20.4 Å². The fraction of sp³-hybridized carbons (Fsp3) is 1.00. The molecule has 0 aliphatic carbocycles. The van der Waals surface area contributed by atoms with E-state index in [1.807, 2.05) is 6.92 Å². The summed E-state index contributed by atoms with van der Waals surface area (Å²) < 4.78 is 0. The molecule has 22 heavy (non-hydrogen) atoms. The number of hydrogen-bond donors (Lipinski definition) is 6. The molecule has 0 saturated carbocycles. The minimum absolute atomic E-state index is 0.0528. The van der Waals surface area contributed by atoms with Crippen molar-refractivity contribution in [2.24, 2.45) is 11.8 Å². The summed E-state index contributed by atoms with van der Waals surface area (Å²) in [6.45, 7) is 3.38. The van der Waals surface area contributed by atoms with E-state index in [4.69, 9.17) is 10.2 Å². The van der Waals surface area contributed by atoms with Crippen LogP contribution in [0.25, 0.3) is 0 Å². The van der Waals surface area contributed by atoms with Gasteiger partial charge in [0, 0.05) is 12.5 Å². The average Bonchev–Trinajstić information content (AvgIpc) is 2.47. The lowest BCUT2D eigenvalue weighted by atomic mass is 9.77. The van der Waals surface area contributed by atoms with E-state index in [2.05, 4.69) is 0 Å². The minimum Gasteiger partial charge on any atom is -0.396 e. The molecule has 6 heteroatoms. The quantitative estimate of drug-likeness (QED) is 0.266. The zero-order valence-corrected chi connectivity index (χ0v) is 13.8. The molecule has 6 N–H and O–H groups in total. The van der Waals surface area contributed by atoms with Crippen molar-refractivity contribution in [3.63, 3.8) is 0 Å². The Labute approximate surface area is 133 Å². The smallest absolute Gasteiger partial charge is 0.0854 e. The van der Waals surface area contributed by atoms with Gasteiger partial charge in [0.2, 0.25) is 0 Å². The molecule has 134 valence electrons. The summed E-state index contributed by atoms with van der Waals surface area (Å²) in [6, 6.07) is 0. The summed E-state index contributed by atoms with van der Waals surface area (Å²) in [5, 5.41) is 58.2. The normalized spacial score (nSPS) is 20.2. The average molecular weight is 322 g/mol. The van der Waals surface area contributed by atoms with Gasteiger partial charge in [-0.25, -0.2) is 0 Å². The van der Waals surface area contributed by atoms with Gasteiger partial charge in [-0.05, 0) is 38.0 Å². The highest BCUT2D eigenvalue weighted by molar-refractivity contribution is 4.85. The first-order valence-corrected chi connectivity index (χ1v) is 8.32. The van der Waals surface area contributed by atoms with Gasteiger partial charge >= 0.3 is 0 Å². The van der Waals surface area contributed by atoms with Crippen LogP contribution in [0.1, 0.15) is 52.4 Å². The second kappa shape index (κ2) is 12.2. The fourth-order valence-electron chi connectivity index (χ4n) is 2.99. The second-order valence-electron chi connectivity index (χ2n) is 6.26. The maximum absolute atomic E-state index is 10.4. The Bertz CT molecular complexity index is 263. The van der Waals surface area contributed by atoms with Gasteiger partial charge in [-0.15, -0.1) is 0 Å². The summed E-state index contributed by atoms with van der Waals surface area (Å²) in [4.78, 5) is 0. The van der Waals surface area contributed by atoms with E-state index < -0.39 is 30.3 Å². The van der Waals surface area contributed by atoms with Crippen LogP contribution >= 0.6 is 0 Å². The fourth-order valence-corrected chi connectivity index (χ4v) is 2.99. The third-order valence-corrected chi connectivity index (χ3v) is 4.24. The molecule has 0 aromatic carbocycles. The van der Waals surface area contributed by atoms with Crippen molar-refractivity contribution in [3.05, 3.63) is 0 Å². The summed E-state index contributed by atoms with van der Waals surface area (Å²) in [7, 11) is 0. The first kappa shape index (κ1) is 21.8. The molecular weight excluding hydrogens is 288 g/mol. The molecule has 0 bridgehead atoms. The molecule has 0 aliphatic heterocycles. The molecule has 6 unspecified atom stereocenters. The van der Waals surface area contributed by atoms with Crippen molar-refractivity contribution >= 4 is 0 Å². The molecular formula is C16H34O6. The third kappa shape index (κ3) is 7.85. The standard InChI is InChI=1S/C16H34O6/c1-3-6-14(21)16(22)15(11(2)9-12(19)10-18)13(20)7-4-5-8-17/h11-22H,3-10H2,1-2H3. The second-order valence-corrected chi connectivity index (χ2v) is 6.26. The minimum atomic E-state index is -1.08. The Hall–Kier alpha value is -0.240. The highest BCUT2D eigenvalue weighted by Crippen LogP contribution is 2.29. The van der Waals surface area contributed by atoms with Crippen LogP contribution in [0, 0.1) is 11.8 Å². The van der Waals surface area contributed by atoms with Crippen molar-refractivity contribution in [2.75, 3.05) is 13.2 Å². The third-order valence-electron chi connectivity index (χ3n) is 4.24. The van der Waals surface area contributed by atoms with E-state index in [1.165, 1.54) is 0 Å². The van der Waals surface area contributed by atoms with E-state index in [0.29, 0.717) is 25.7 Å². The van der Waals surface area contributed by atoms with Crippen molar-refractivity contribution in [1.29, 1.82) is 0 Å². The molecule has 0 aromatic heterocycles. The number of aliphatic hydroxyl groups excluding tert-OH is 6. The number of unbranched alkanes of at least 4 members (excludes halogenated alkanes) is 1. The molecule has 0 rings (SSSR count). The van der Waals surface area contributed by atoms with Crippen LogP contribution in [0.5, 0.6) is 0 Å². The van der Waals surface area contributed by atoms with Crippen LogP contribution in [-0.2, 0) is 0 Å². The maximum atomic E-state index is 10.4. The van der Waals surface area contributed by atoms with Crippen molar-refractivity contribution < 1.29 is 30.6 Å². The number of hydrogen-bond acceptors (Lipinski definition) is 6. The molecule has 6 atom stereocenters. The highest BCUT2D eigenvalue weighted by atomic mass is 16.3. The summed E-state index contributed by atoms with van der Waals surface area (Å²) in [6.07, 6.45) is -0.706. The first-order chi connectivity index (χ1) is 10.4. The predicted molar refractivity (Wildman–Crippen MR) is 84.2 cm³/mol. The van der Waals surface area contributed by atoms with Crippen LogP contribution in [0.15, 0.2) is 0 Å². The summed E-state index contributed by atoms with van der Waals surface area (Å²) in [5.41, 5.74) is 0. The molecule has 0 aromatic rings. The Morgan fingerprint density at radius 3 is 2.00 bits per heavy atom. The first-order valence-electron chi connectivity index (χ1n) is 8.32. The Balaban J connectivity index is 4.86. The molecule has 0 radical (unpaired) electrons. The molecule has 0 amide bonds. The van der Waals surface area contributed by atoms with Gasteiger partial charge < -0.3 is 30.6 Å². The lowest BCUT2D eigenvalue weighted by Crippen LogP contribution is -2.44. The SMILES string of the molecule is CCCC(O)C(O)C(C(C)CC(O)CO)C(O)CCCCO. The molecule has 6 nitrogen and oxygen atoms in total. The van der Waals surface area contributed by atoms with Crippen molar-refractivity contribution in [2.45, 2.75) is 76.8 Å². The van der Waals surface area contributed by atoms with Gasteiger partial charge in [-0.3, -0.25) is 0 Å². The molecule has 0 saturated heterocycles. The lowest BCUT2D eigenvalue weighted by molar-refractivity contribution is -0.0874. The van der Waals surface area contributed by atoms with Crippen LogP contribution in [0.4, 0.5) is 0 Å². The van der Waals surface area contributed by atoms with E-state index in [0.717, 1.165) is 6.42 Å². The Morgan fingerprint density at radius 1 is 0.864 bits per heavy atom. The zero-order chi connectivity index (χ0) is 17.1. The van der Waals surface area contributed by atoms with E-state index in [-0.39, 0.29) is 25.6 Å². The predicted octanol–water partition coefficient (Wildman–Crippen LogP) is 0.0274.